The van der Waals surface area contributed by atoms with Crippen molar-refractivity contribution >= 4 is 67.3 Å². The van der Waals surface area contributed by atoms with Crippen molar-refractivity contribution in [3.63, 3.8) is 0 Å². The molecule has 0 saturated heterocycles. The van der Waals surface area contributed by atoms with Crippen LogP contribution in [0.25, 0.3) is 21.5 Å². The van der Waals surface area contributed by atoms with Gasteiger partial charge in [0.25, 0.3) is 0 Å². The largest absolute Gasteiger partial charge is 0.423 e. The second-order valence-electron chi connectivity index (χ2n) is 14.7. The lowest BCUT2D eigenvalue weighted by Crippen LogP contribution is -2.30. The van der Waals surface area contributed by atoms with Crippen LogP contribution >= 0.6 is 0 Å². The summed E-state index contributed by atoms with van der Waals surface area (Å²) in [5.74, 6) is 0.131. The fourth-order valence-electron chi connectivity index (χ4n) is 7.55. The molecule has 7 aromatic carbocycles. The van der Waals surface area contributed by atoms with E-state index in [-0.39, 0.29) is 0 Å². The molecular formula is C49H47N7O2. The van der Waals surface area contributed by atoms with Gasteiger partial charge >= 0.3 is 5.97 Å². The number of carbonyl (C=O) groups is 1. The minimum Gasteiger partial charge on any atom is -0.423 e. The van der Waals surface area contributed by atoms with Crippen molar-refractivity contribution in [3.05, 3.63) is 156 Å². The second-order valence-corrected chi connectivity index (χ2v) is 14.7. The molecule has 0 amide bonds. The van der Waals surface area contributed by atoms with Gasteiger partial charge in [0.05, 0.1) is 39.7 Å². The van der Waals surface area contributed by atoms with Crippen LogP contribution in [0.4, 0.5) is 39.8 Å². The molecule has 1 aliphatic rings. The monoisotopic (exact) mass is 765 g/mol. The number of fused-ring (bicyclic) bond motifs is 3. The molecule has 1 aliphatic heterocycles. The number of ether oxygens (including phenoxy) is 1. The summed E-state index contributed by atoms with van der Waals surface area (Å²) in [5.41, 5.74) is 17.0. The Balaban J connectivity index is 0.965. The maximum atomic E-state index is 12.8. The van der Waals surface area contributed by atoms with E-state index in [1.165, 1.54) is 16.8 Å². The molecule has 7 aromatic rings. The summed E-state index contributed by atoms with van der Waals surface area (Å²) >= 11 is 0. The highest BCUT2D eigenvalue weighted by Gasteiger charge is 2.18. The van der Waals surface area contributed by atoms with Crippen molar-refractivity contribution in [2.24, 2.45) is 20.5 Å². The van der Waals surface area contributed by atoms with Crippen LogP contribution in [0, 0.1) is 6.92 Å². The maximum absolute atomic E-state index is 12.8. The van der Waals surface area contributed by atoms with Crippen LogP contribution in [0.2, 0.25) is 0 Å². The number of benzene rings is 7. The highest BCUT2D eigenvalue weighted by Crippen LogP contribution is 2.39. The number of carbonyl (C=O) groups excluding carboxylic acids is 1. The van der Waals surface area contributed by atoms with Crippen LogP contribution in [-0.4, -0.2) is 19.1 Å². The molecule has 1 heterocycles. The van der Waals surface area contributed by atoms with Crippen LogP contribution in [0.1, 0.15) is 60.2 Å². The second kappa shape index (κ2) is 17.5. The molecule has 290 valence electrons. The molecule has 8 rings (SSSR count). The van der Waals surface area contributed by atoms with Crippen molar-refractivity contribution in [1.82, 2.24) is 0 Å². The Morgan fingerprint density at radius 1 is 0.655 bits per heavy atom. The van der Waals surface area contributed by atoms with E-state index < -0.39 is 5.97 Å². The number of nitrogens with zero attached hydrogens (tertiary/aromatic N) is 5. The molecule has 0 aromatic heterocycles. The third kappa shape index (κ3) is 8.44. The molecule has 0 unspecified atom stereocenters. The highest BCUT2D eigenvalue weighted by atomic mass is 16.5. The third-order valence-corrected chi connectivity index (χ3v) is 10.6. The molecule has 0 aliphatic carbocycles. The number of nitrogens with one attached hydrogen (secondary N) is 2. The third-order valence-electron chi connectivity index (χ3n) is 10.6. The number of azo groups is 2. The van der Waals surface area contributed by atoms with Gasteiger partial charge in [0, 0.05) is 40.3 Å². The van der Waals surface area contributed by atoms with Gasteiger partial charge in [-0.25, -0.2) is 4.79 Å². The minimum absolute atomic E-state index is 0.400. The van der Waals surface area contributed by atoms with Gasteiger partial charge in [0.2, 0.25) is 0 Å². The van der Waals surface area contributed by atoms with E-state index in [0.717, 1.165) is 106 Å². The normalized spacial score (nSPS) is 12.7. The first-order chi connectivity index (χ1) is 28.5. The Morgan fingerprint density at radius 3 is 1.90 bits per heavy atom. The molecule has 58 heavy (non-hydrogen) atoms. The minimum atomic E-state index is -0.400. The lowest BCUT2D eigenvalue weighted by atomic mass is 9.98. The van der Waals surface area contributed by atoms with Crippen molar-refractivity contribution in [3.8, 4) is 5.75 Å². The van der Waals surface area contributed by atoms with E-state index >= 15 is 0 Å². The van der Waals surface area contributed by atoms with Crippen LogP contribution in [0.3, 0.4) is 0 Å². The molecule has 2 N–H and O–H groups in total. The standard InChI is InChI=1S/C49H47N7O2/c1-4-11-34-17-23-38(24-18-34)58-49(57)35-19-21-37(22-20-35)50-51-43-25-26-44(40-14-7-6-13-39(40)43)52-53-45-27-28-46(42-16-9-8-15-41(42)45)54-55-47-32-36-12-10-30-56(29-5-2)48(36)31-33(47)3/h6-9,13-28,31-32,50-51H,4-5,10-12,29-30H2,1-3H3. The summed E-state index contributed by atoms with van der Waals surface area (Å²) < 4.78 is 5.59. The van der Waals surface area contributed by atoms with Crippen LogP contribution in [-0.2, 0) is 12.8 Å². The number of aryl methyl sites for hydroxylation is 3. The first kappa shape index (κ1) is 38.0. The number of hydrogen-bond acceptors (Lipinski definition) is 9. The quantitative estimate of drug-likeness (QED) is 0.0526. The molecule has 0 fully saturated rings. The Hall–Kier alpha value is -6.87. The van der Waals surface area contributed by atoms with E-state index in [1.807, 2.05) is 103 Å². The molecular weight excluding hydrogens is 719 g/mol. The first-order valence-electron chi connectivity index (χ1n) is 20.2. The van der Waals surface area contributed by atoms with Crippen LogP contribution < -0.4 is 20.5 Å². The van der Waals surface area contributed by atoms with E-state index in [1.54, 1.807) is 12.1 Å². The summed E-state index contributed by atoms with van der Waals surface area (Å²) in [6.45, 7) is 8.68. The number of hydrogen-bond donors (Lipinski definition) is 2. The fraction of sp³-hybridized carbons (Fsp3) is 0.204. The number of anilines is 3. The SMILES string of the molecule is CCCc1ccc(OC(=O)c2ccc(NNc3ccc(N=Nc4ccc(N=Nc5cc6c(cc5C)N(CCC)CCC6)c5ccccc45)c4ccccc34)cc2)cc1. The molecule has 0 saturated carbocycles. The summed E-state index contributed by atoms with van der Waals surface area (Å²) in [7, 11) is 0. The van der Waals surface area contributed by atoms with Crippen molar-refractivity contribution in [2.75, 3.05) is 28.8 Å². The predicted molar refractivity (Wildman–Crippen MR) is 237 cm³/mol. The molecule has 0 atom stereocenters. The molecule has 9 heteroatoms. The van der Waals surface area contributed by atoms with Crippen LogP contribution in [0.15, 0.2) is 154 Å². The van der Waals surface area contributed by atoms with Gasteiger partial charge in [-0.2, -0.15) is 5.11 Å². The first-order valence-corrected chi connectivity index (χ1v) is 20.2. The van der Waals surface area contributed by atoms with Gasteiger partial charge in [0.15, 0.2) is 0 Å². The van der Waals surface area contributed by atoms with E-state index in [4.69, 9.17) is 25.2 Å². The summed E-state index contributed by atoms with van der Waals surface area (Å²) in [4.78, 5) is 15.3. The molecule has 9 nitrogen and oxygen atoms in total. The van der Waals surface area contributed by atoms with Crippen molar-refractivity contribution < 1.29 is 9.53 Å². The van der Waals surface area contributed by atoms with Gasteiger partial charge in [-0.15, -0.1) is 15.3 Å². The Kier molecular flexibility index (Phi) is 11.5. The maximum Gasteiger partial charge on any atom is 0.343 e. The van der Waals surface area contributed by atoms with E-state index in [9.17, 15) is 4.79 Å². The Morgan fingerprint density at radius 2 is 1.26 bits per heavy atom. The Labute approximate surface area is 339 Å². The van der Waals surface area contributed by atoms with Gasteiger partial charge < -0.3 is 20.5 Å². The smallest absolute Gasteiger partial charge is 0.343 e. The predicted octanol–water partition coefficient (Wildman–Crippen LogP) is 13.9. The lowest BCUT2D eigenvalue weighted by molar-refractivity contribution is 0.0734. The van der Waals surface area contributed by atoms with Gasteiger partial charge in [-0.1, -0.05) is 80.9 Å². The number of rotatable bonds is 13. The average Bonchev–Trinajstić information content (AvgIpc) is 3.26. The van der Waals surface area contributed by atoms with E-state index in [2.05, 4.69) is 54.7 Å². The fourth-order valence-corrected chi connectivity index (χ4v) is 7.55. The number of esters is 1. The Bertz CT molecular complexity index is 2640. The average molecular weight is 766 g/mol. The van der Waals surface area contributed by atoms with Crippen molar-refractivity contribution in [1.29, 1.82) is 0 Å². The van der Waals surface area contributed by atoms with Gasteiger partial charge in [0.1, 0.15) is 5.75 Å². The van der Waals surface area contributed by atoms with E-state index in [0.29, 0.717) is 11.3 Å². The molecule has 0 bridgehead atoms. The van der Waals surface area contributed by atoms with Crippen molar-refractivity contribution in [2.45, 2.75) is 52.9 Å². The number of hydrazine groups is 1. The highest BCUT2D eigenvalue weighted by molar-refractivity contribution is 6.02. The summed E-state index contributed by atoms with van der Waals surface area (Å²) in [6.07, 6.45) is 5.43. The van der Waals surface area contributed by atoms with Gasteiger partial charge in [-0.3, -0.25) is 0 Å². The summed E-state index contributed by atoms with van der Waals surface area (Å²) in [6, 6.07) is 43.4. The van der Waals surface area contributed by atoms with Gasteiger partial charge in [-0.05, 0) is 122 Å². The summed E-state index contributed by atoms with van der Waals surface area (Å²) in [5, 5.41) is 22.9. The topological polar surface area (TPSA) is 103 Å². The van der Waals surface area contributed by atoms with Crippen LogP contribution in [0.5, 0.6) is 5.75 Å². The molecule has 0 radical (unpaired) electrons. The zero-order valence-corrected chi connectivity index (χ0v) is 33.2. The zero-order chi connectivity index (χ0) is 39.8. The lowest BCUT2D eigenvalue weighted by Gasteiger charge is -2.31. The zero-order valence-electron chi connectivity index (χ0n) is 33.2. The molecule has 0 spiro atoms.